The van der Waals surface area contributed by atoms with Gasteiger partial charge in [0.25, 0.3) is 0 Å². The van der Waals surface area contributed by atoms with E-state index in [0.717, 1.165) is 55.4 Å². The first-order valence-electron chi connectivity index (χ1n) is 11.2. The number of carbonyl (C=O) groups excluding carboxylic acids is 2. The molecule has 1 aliphatic carbocycles. The van der Waals surface area contributed by atoms with Crippen molar-refractivity contribution in [1.82, 2.24) is 9.78 Å². The summed E-state index contributed by atoms with van der Waals surface area (Å²) in [6, 6.07) is 0. The van der Waals surface area contributed by atoms with Crippen LogP contribution in [0.15, 0.2) is 36.5 Å². The van der Waals surface area contributed by atoms with Crippen molar-refractivity contribution < 1.29 is 19.1 Å². The lowest BCUT2D eigenvalue weighted by Crippen LogP contribution is -2.27. The Morgan fingerprint density at radius 2 is 2.16 bits per heavy atom. The van der Waals surface area contributed by atoms with E-state index in [0.29, 0.717) is 12.3 Å². The number of carbonyl (C=O) groups is 2. The maximum atomic E-state index is 13.0. The monoisotopic (exact) mass is 426 g/mol. The minimum absolute atomic E-state index is 0.110. The lowest BCUT2D eigenvalue weighted by Gasteiger charge is -2.32. The van der Waals surface area contributed by atoms with Crippen LogP contribution in [-0.2, 0) is 27.1 Å². The van der Waals surface area contributed by atoms with Gasteiger partial charge in [0.05, 0.1) is 0 Å². The number of rotatable bonds is 8. The molecule has 168 valence electrons. The third-order valence-electron chi connectivity index (χ3n) is 5.93. The van der Waals surface area contributed by atoms with Crippen molar-refractivity contribution >= 4 is 11.8 Å². The van der Waals surface area contributed by atoms with Crippen molar-refractivity contribution in [1.29, 1.82) is 0 Å². The molecule has 2 heterocycles. The first kappa shape index (κ1) is 23.2. The summed E-state index contributed by atoms with van der Waals surface area (Å²) in [5, 5.41) is 4.69. The van der Waals surface area contributed by atoms with Gasteiger partial charge in [-0.15, -0.1) is 0 Å². The molecule has 1 unspecified atom stereocenters. The van der Waals surface area contributed by atoms with Gasteiger partial charge in [-0.1, -0.05) is 44.7 Å². The number of ketones is 1. The number of allylic oxidation sites excluding steroid dienone is 3. The number of esters is 1. The second-order valence-corrected chi connectivity index (χ2v) is 9.12. The normalized spacial score (nSPS) is 21.0. The summed E-state index contributed by atoms with van der Waals surface area (Å²) in [5.74, 6) is -0.825. The van der Waals surface area contributed by atoms with E-state index in [1.807, 2.05) is 23.8 Å². The molecule has 0 aromatic carbocycles. The van der Waals surface area contributed by atoms with Crippen molar-refractivity contribution in [3.63, 3.8) is 0 Å². The second-order valence-electron chi connectivity index (χ2n) is 9.12. The zero-order valence-electron chi connectivity index (χ0n) is 19.0. The second kappa shape index (κ2) is 10.2. The molecule has 3 rings (SSSR count). The van der Waals surface area contributed by atoms with E-state index in [1.54, 1.807) is 12.2 Å². The van der Waals surface area contributed by atoms with Crippen LogP contribution in [-0.4, -0.2) is 34.7 Å². The molecule has 0 bridgehead atoms. The Hall–Kier alpha value is -2.47. The maximum absolute atomic E-state index is 13.0. The zero-order chi connectivity index (χ0) is 22.4. The minimum Gasteiger partial charge on any atom is -0.460 e. The van der Waals surface area contributed by atoms with Crippen LogP contribution in [0.5, 0.6) is 0 Å². The summed E-state index contributed by atoms with van der Waals surface area (Å²) in [6.07, 6.45) is 12.4. The molecule has 31 heavy (non-hydrogen) atoms. The van der Waals surface area contributed by atoms with E-state index < -0.39 is 5.97 Å². The molecule has 1 aromatic heterocycles. The molecule has 6 heteroatoms. The van der Waals surface area contributed by atoms with E-state index in [4.69, 9.17) is 9.47 Å². The first-order valence-corrected chi connectivity index (χ1v) is 11.2. The van der Waals surface area contributed by atoms with Gasteiger partial charge in [-0.2, -0.15) is 5.10 Å². The molecule has 1 atom stereocenters. The van der Waals surface area contributed by atoms with Crippen LogP contribution in [0, 0.1) is 5.41 Å². The predicted octanol–water partition coefficient (Wildman–Crippen LogP) is 4.90. The van der Waals surface area contributed by atoms with Gasteiger partial charge in [-0.25, -0.2) is 4.68 Å². The summed E-state index contributed by atoms with van der Waals surface area (Å²) >= 11 is 0. The van der Waals surface area contributed by atoms with Gasteiger partial charge in [0.15, 0.2) is 5.78 Å². The Bertz CT molecular complexity index is 886. The largest absolute Gasteiger partial charge is 0.460 e. The highest BCUT2D eigenvalue weighted by Gasteiger charge is 2.35. The lowest BCUT2D eigenvalue weighted by molar-refractivity contribution is -0.141. The van der Waals surface area contributed by atoms with Gasteiger partial charge < -0.3 is 9.47 Å². The molecule has 0 radical (unpaired) electrons. The van der Waals surface area contributed by atoms with Crippen LogP contribution in [0.3, 0.4) is 0 Å². The molecular formula is C25H34N2O4. The number of Topliss-reactive ketones (excluding diaryl/α,β-unsaturated/α-hetero) is 1. The van der Waals surface area contributed by atoms with E-state index >= 15 is 0 Å². The van der Waals surface area contributed by atoms with Crippen molar-refractivity contribution in [2.75, 3.05) is 13.2 Å². The highest BCUT2D eigenvalue weighted by Crippen LogP contribution is 2.38. The van der Waals surface area contributed by atoms with Crippen molar-refractivity contribution in [3.8, 4) is 0 Å². The molecule has 0 spiro atoms. The van der Waals surface area contributed by atoms with Crippen molar-refractivity contribution in [3.05, 3.63) is 53.4 Å². The standard InChI is InChI=1S/C25H34N2O4/c1-5-9-18(10-6-2)17-31-23(29)15-21(28)24-19-12-13-25(3,4)16-20(19)27(26-24)22-11-7-8-14-30-22/h5-6,9-10,22H,1,7-8,11-17H2,2-4H3/b10-6-,18-9+. The van der Waals surface area contributed by atoms with E-state index in [-0.39, 0.29) is 30.5 Å². The average molecular weight is 427 g/mol. The Labute approximate surface area is 185 Å². The third-order valence-corrected chi connectivity index (χ3v) is 5.93. The number of nitrogens with zero attached hydrogens (tertiary/aromatic N) is 2. The van der Waals surface area contributed by atoms with Gasteiger partial charge in [0.1, 0.15) is 24.9 Å². The fourth-order valence-corrected chi connectivity index (χ4v) is 4.28. The molecule has 6 nitrogen and oxygen atoms in total. The minimum atomic E-state index is -0.544. The molecule has 0 saturated carbocycles. The molecule has 1 aromatic rings. The van der Waals surface area contributed by atoms with Crippen LogP contribution >= 0.6 is 0 Å². The Balaban J connectivity index is 1.76. The first-order chi connectivity index (χ1) is 14.8. The summed E-state index contributed by atoms with van der Waals surface area (Å²) in [5.41, 5.74) is 3.44. The van der Waals surface area contributed by atoms with Crippen molar-refractivity contribution in [2.24, 2.45) is 5.41 Å². The molecule has 1 saturated heterocycles. The Morgan fingerprint density at radius 1 is 1.35 bits per heavy atom. The van der Waals surface area contributed by atoms with Crippen LogP contribution in [0.4, 0.5) is 0 Å². The third kappa shape index (κ3) is 5.82. The molecule has 2 aliphatic rings. The van der Waals surface area contributed by atoms with Crippen LogP contribution in [0.25, 0.3) is 0 Å². The lowest BCUT2D eigenvalue weighted by atomic mass is 9.76. The van der Waals surface area contributed by atoms with Gasteiger partial charge in [0.2, 0.25) is 0 Å². The fraction of sp³-hybridized carbons (Fsp3) is 0.560. The number of aromatic nitrogens is 2. The van der Waals surface area contributed by atoms with Gasteiger partial charge in [-0.3, -0.25) is 9.59 Å². The SMILES string of the molecule is C=C/C=C(\C=C/C)COC(=O)CC(=O)c1nn(C2CCCCO2)c2c1CCC(C)(C)C2. The number of hydrogen-bond acceptors (Lipinski definition) is 5. The highest BCUT2D eigenvalue weighted by atomic mass is 16.5. The molecular weight excluding hydrogens is 392 g/mol. The van der Waals surface area contributed by atoms with E-state index in [1.165, 1.54) is 0 Å². The summed E-state index contributed by atoms with van der Waals surface area (Å²) < 4.78 is 13.2. The van der Waals surface area contributed by atoms with Gasteiger partial charge in [0, 0.05) is 17.9 Å². The maximum Gasteiger partial charge on any atom is 0.314 e. The molecule has 1 aliphatic heterocycles. The Kier molecular flexibility index (Phi) is 7.65. The zero-order valence-corrected chi connectivity index (χ0v) is 19.0. The quantitative estimate of drug-likeness (QED) is 0.256. The summed E-state index contributed by atoms with van der Waals surface area (Å²) in [4.78, 5) is 25.4. The molecule has 0 amide bonds. The molecule has 1 fully saturated rings. The Morgan fingerprint density at radius 3 is 2.84 bits per heavy atom. The number of ether oxygens (including phenoxy) is 2. The van der Waals surface area contributed by atoms with Gasteiger partial charge >= 0.3 is 5.97 Å². The summed E-state index contributed by atoms with van der Waals surface area (Å²) in [7, 11) is 0. The topological polar surface area (TPSA) is 70.4 Å². The average Bonchev–Trinajstić information content (AvgIpc) is 3.10. The number of hydrogen-bond donors (Lipinski definition) is 0. The van der Waals surface area contributed by atoms with E-state index in [9.17, 15) is 9.59 Å². The van der Waals surface area contributed by atoms with Crippen LogP contribution in [0.1, 0.15) is 80.8 Å². The summed E-state index contributed by atoms with van der Waals surface area (Å²) in [6.45, 7) is 10.9. The highest BCUT2D eigenvalue weighted by molar-refractivity contribution is 6.05. The molecule has 0 N–H and O–H groups in total. The van der Waals surface area contributed by atoms with E-state index in [2.05, 4.69) is 25.5 Å². The van der Waals surface area contributed by atoms with Crippen molar-refractivity contribution in [2.45, 2.75) is 71.9 Å². The smallest absolute Gasteiger partial charge is 0.314 e. The number of fused-ring (bicyclic) bond motifs is 1. The van der Waals surface area contributed by atoms with Gasteiger partial charge in [-0.05, 0) is 56.4 Å². The van der Waals surface area contributed by atoms with Crippen LogP contribution < -0.4 is 0 Å². The predicted molar refractivity (Wildman–Crippen MR) is 120 cm³/mol. The van der Waals surface area contributed by atoms with Crippen LogP contribution in [0.2, 0.25) is 0 Å². The fourth-order valence-electron chi connectivity index (χ4n) is 4.28.